The second-order valence-corrected chi connectivity index (χ2v) is 19.6. The number of quaternary nitrogens is 1. The smallest absolute Gasteiger partial charge is 0.268 e. The molecular formula is C54H97N2O6P. The fraction of sp³-hybridized carbons (Fsp3) is 0.722. The largest absolute Gasteiger partial charge is 0.756 e. The van der Waals surface area contributed by atoms with Crippen LogP contribution in [-0.4, -0.2) is 68.5 Å². The van der Waals surface area contributed by atoms with Gasteiger partial charge in [0.1, 0.15) is 13.2 Å². The highest BCUT2D eigenvalue weighted by molar-refractivity contribution is 7.45. The Hall–Kier alpha value is -2.32. The lowest BCUT2D eigenvalue weighted by Crippen LogP contribution is -2.45. The van der Waals surface area contributed by atoms with Crippen LogP contribution in [0.3, 0.4) is 0 Å². The van der Waals surface area contributed by atoms with Crippen LogP contribution in [-0.2, 0) is 18.4 Å². The monoisotopic (exact) mass is 901 g/mol. The van der Waals surface area contributed by atoms with Crippen LogP contribution < -0.4 is 10.2 Å². The molecule has 0 bridgehead atoms. The summed E-state index contributed by atoms with van der Waals surface area (Å²) in [6.45, 7) is 4.49. The summed E-state index contributed by atoms with van der Waals surface area (Å²) < 4.78 is 23.2. The Morgan fingerprint density at radius 3 is 1.41 bits per heavy atom. The molecule has 0 aliphatic rings. The molecule has 364 valence electrons. The minimum Gasteiger partial charge on any atom is -0.756 e. The number of aliphatic hydroxyl groups excluding tert-OH is 1. The Morgan fingerprint density at radius 2 is 0.968 bits per heavy atom. The van der Waals surface area contributed by atoms with Crippen LogP contribution in [0, 0.1) is 0 Å². The highest BCUT2D eigenvalue weighted by Gasteiger charge is 2.23. The van der Waals surface area contributed by atoms with Crippen molar-refractivity contribution in [1.82, 2.24) is 5.32 Å². The van der Waals surface area contributed by atoms with E-state index in [2.05, 4.69) is 92.1 Å². The molecule has 0 aromatic heterocycles. The molecule has 0 radical (unpaired) electrons. The van der Waals surface area contributed by atoms with E-state index in [1.54, 1.807) is 6.08 Å². The van der Waals surface area contributed by atoms with Crippen LogP contribution in [0.25, 0.3) is 0 Å². The zero-order valence-electron chi connectivity index (χ0n) is 41.2. The molecule has 63 heavy (non-hydrogen) atoms. The molecule has 0 aliphatic carbocycles. The molecule has 0 aromatic rings. The molecule has 3 unspecified atom stereocenters. The van der Waals surface area contributed by atoms with Crippen LogP contribution in [0.1, 0.15) is 200 Å². The fourth-order valence-corrected chi connectivity index (χ4v) is 7.58. The van der Waals surface area contributed by atoms with E-state index in [1.165, 1.54) is 103 Å². The molecular weight excluding hydrogens is 804 g/mol. The van der Waals surface area contributed by atoms with Crippen molar-refractivity contribution in [3.8, 4) is 0 Å². The van der Waals surface area contributed by atoms with E-state index in [-0.39, 0.29) is 19.1 Å². The molecule has 0 heterocycles. The van der Waals surface area contributed by atoms with E-state index in [0.717, 1.165) is 77.0 Å². The SMILES string of the molecule is CC/C=C\C/C=C\C/C=C\C/C=C\C/C=C\C/C=C\CCCCCCCCCCCCCCC(=O)NC(COP(=O)([O-])OCC[N+](C)(C)C)C(O)/C=C/CCCCCCCCCC. The van der Waals surface area contributed by atoms with Gasteiger partial charge in [0.25, 0.3) is 7.82 Å². The van der Waals surface area contributed by atoms with Crippen molar-refractivity contribution in [1.29, 1.82) is 0 Å². The topological polar surface area (TPSA) is 108 Å². The van der Waals surface area contributed by atoms with Crippen LogP contribution >= 0.6 is 7.82 Å². The number of hydrogen-bond acceptors (Lipinski definition) is 6. The lowest BCUT2D eigenvalue weighted by Gasteiger charge is -2.29. The first-order valence-electron chi connectivity index (χ1n) is 25.4. The number of carbonyl (C=O) groups is 1. The normalized spacial score (nSPS) is 14.8. The van der Waals surface area contributed by atoms with Gasteiger partial charge in [-0.05, 0) is 70.6 Å². The molecule has 0 fully saturated rings. The molecule has 0 saturated carbocycles. The highest BCUT2D eigenvalue weighted by atomic mass is 31.2. The maximum Gasteiger partial charge on any atom is 0.268 e. The minimum atomic E-state index is -4.59. The average Bonchev–Trinajstić information content (AvgIpc) is 3.24. The molecule has 0 rings (SSSR count). The van der Waals surface area contributed by atoms with Gasteiger partial charge in [-0.3, -0.25) is 9.36 Å². The summed E-state index contributed by atoms with van der Waals surface area (Å²) in [5, 5.41) is 13.8. The second-order valence-electron chi connectivity index (χ2n) is 18.1. The molecule has 0 aliphatic heterocycles. The molecule has 9 heteroatoms. The van der Waals surface area contributed by atoms with Crippen molar-refractivity contribution in [2.24, 2.45) is 0 Å². The summed E-state index contributed by atoms with van der Waals surface area (Å²) in [7, 11) is 1.25. The van der Waals surface area contributed by atoms with Crippen molar-refractivity contribution in [2.45, 2.75) is 212 Å². The third-order valence-corrected chi connectivity index (χ3v) is 11.8. The number of allylic oxidation sites excluding steroid dienone is 13. The predicted octanol–water partition coefficient (Wildman–Crippen LogP) is 14.3. The van der Waals surface area contributed by atoms with E-state index in [0.29, 0.717) is 17.4 Å². The molecule has 2 N–H and O–H groups in total. The van der Waals surface area contributed by atoms with Crippen LogP contribution in [0.4, 0.5) is 0 Å². The van der Waals surface area contributed by atoms with Crippen molar-refractivity contribution >= 4 is 13.7 Å². The number of likely N-dealkylation sites (N-methyl/N-ethyl adjacent to an activating group) is 1. The minimum absolute atomic E-state index is 0.00476. The zero-order valence-corrected chi connectivity index (χ0v) is 42.1. The Balaban J connectivity index is 4.11. The molecule has 1 amide bonds. The first kappa shape index (κ1) is 60.7. The van der Waals surface area contributed by atoms with Gasteiger partial charge in [0, 0.05) is 6.42 Å². The second kappa shape index (κ2) is 44.9. The fourth-order valence-electron chi connectivity index (χ4n) is 6.86. The van der Waals surface area contributed by atoms with Crippen molar-refractivity contribution in [2.75, 3.05) is 40.9 Å². The Bertz CT molecular complexity index is 1300. The third-order valence-electron chi connectivity index (χ3n) is 10.9. The maximum atomic E-state index is 12.9. The number of unbranched alkanes of at least 4 members (excludes halogenated alkanes) is 20. The third kappa shape index (κ3) is 47.5. The van der Waals surface area contributed by atoms with Crippen LogP contribution in [0.2, 0.25) is 0 Å². The van der Waals surface area contributed by atoms with Gasteiger partial charge in [0.15, 0.2) is 0 Å². The van der Waals surface area contributed by atoms with Gasteiger partial charge >= 0.3 is 0 Å². The van der Waals surface area contributed by atoms with Gasteiger partial charge in [0.2, 0.25) is 5.91 Å². The highest BCUT2D eigenvalue weighted by Crippen LogP contribution is 2.38. The van der Waals surface area contributed by atoms with Gasteiger partial charge in [-0.25, -0.2) is 0 Å². The summed E-state index contributed by atoms with van der Waals surface area (Å²) in [6.07, 6.45) is 62.2. The van der Waals surface area contributed by atoms with Crippen molar-refractivity contribution in [3.63, 3.8) is 0 Å². The van der Waals surface area contributed by atoms with Gasteiger partial charge in [0.05, 0.1) is 39.9 Å². The summed E-state index contributed by atoms with van der Waals surface area (Å²) in [5.41, 5.74) is 0. The summed E-state index contributed by atoms with van der Waals surface area (Å²) in [6, 6.07) is -0.890. The molecule has 0 saturated heterocycles. The van der Waals surface area contributed by atoms with Crippen LogP contribution in [0.5, 0.6) is 0 Å². The number of rotatable bonds is 45. The summed E-state index contributed by atoms with van der Waals surface area (Å²) >= 11 is 0. The molecule has 3 atom stereocenters. The number of carbonyl (C=O) groups excluding carboxylic acids is 1. The Labute approximate surface area is 388 Å². The average molecular weight is 901 g/mol. The lowest BCUT2D eigenvalue weighted by atomic mass is 10.0. The zero-order chi connectivity index (χ0) is 46.4. The number of nitrogens with zero attached hydrogens (tertiary/aromatic N) is 1. The van der Waals surface area contributed by atoms with Gasteiger partial charge in [-0.2, -0.15) is 0 Å². The predicted molar refractivity (Wildman–Crippen MR) is 270 cm³/mol. The first-order valence-corrected chi connectivity index (χ1v) is 26.9. The summed E-state index contributed by atoms with van der Waals surface area (Å²) in [5.74, 6) is -0.205. The maximum absolute atomic E-state index is 12.9. The number of aliphatic hydroxyl groups is 1. The lowest BCUT2D eigenvalue weighted by molar-refractivity contribution is -0.870. The van der Waals surface area contributed by atoms with Gasteiger partial charge < -0.3 is 28.8 Å². The van der Waals surface area contributed by atoms with Gasteiger partial charge in [-0.1, -0.05) is 208 Å². The van der Waals surface area contributed by atoms with Gasteiger partial charge in [-0.15, -0.1) is 0 Å². The van der Waals surface area contributed by atoms with E-state index in [9.17, 15) is 19.4 Å². The number of amides is 1. The van der Waals surface area contributed by atoms with E-state index >= 15 is 0 Å². The van der Waals surface area contributed by atoms with E-state index in [1.807, 2.05) is 27.2 Å². The van der Waals surface area contributed by atoms with Crippen LogP contribution in [0.15, 0.2) is 85.1 Å². The van der Waals surface area contributed by atoms with Crippen molar-refractivity contribution in [3.05, 3.63) is 85.1 Å². The number of hydrogen-bond donors (Lipinski definition) is 2. The van der Waals surface area contributed by atoms with E-state index < -0.39 is 20.0 Å². The Kier molecular flexibility index (Phi) is 43.2. The number of nitrogens with one attached hydrogen (secondary N) is 1. The standard InChI is InChI=1S/C54H97N2O6P/c1-6-8-10-12-14-16-18-19-20-21-22-23-24-25-26-27-28-29-30-31-32-33-34-35-36-37-38-40-42-44-46-48-54(58)55-52(51-62-63(59,60)61-50-49-56(3,4)5)53(57)47-45-43-41-39-17-15-13-11-9-7-2/h8,10,14,16,19-20,22-23,25-26,28-29,45,47,52-53,57H,6-7,9,11-13,15,17-18,21,24,27,30-44,46,48-51H2,1-5H3,(H-,55,58,59,60)/b10-8-,16-14-,20-19-,23-22-,26-25-,29-28-,47-45+. The quantitative estimate of drug-likeness (QED) is 0.0273. The number of phosphoric acid groups is 1. The number of phosphoric ester groups is 1. The van der Waals surface area contributed by atoms with E-state index in [4.69, 9.17) is 9.05 Å². The molecule has 0 spiro atoms. The summed E-state index contributed by atoms with van der Waals surface area (Å²) in [4.78, 5) is 25.3. The van der Waals surface area contributed by atoms with Crippen molar-refractivity contribution < 1.29 is 32.9 Å². The Morgan fingerprint density at radius 1 is 0.571 bits per heavy atom. The molecule has 8 nitrogen and oxygen atoms in total. The first-order chi connectivity index (χ1) is 30.5. The molecule has 0 aromatic carbocycles.